The van der Waals surface area contributed by atoms with Gasteiger partial charge in [0.05, 0.1) is 31.5 Å². The molecule has 0 bridgehead atoms. The van der Waals surface area contributed by atoms with Crippen LogP contribution >= 0.6 is 0 Å². The Morgan fingerprint density at radius 3 is 2.66 bits per heavy atom. The molecule has 0 aliphatic rings. The second-order valence-corrected chi connectivity index (χ2v) is 6.03. The molecule has 0 unspecified atom stereocenters. The number of carbonyl (C=O) groups is 1. The molecule has 146 valence electrons. The second kappa shape index (κ2) is 7.85. The van der Waals surface area contributed by atoms with E-state index < -0.39 is 5.91 Å². The Hall–Kier alpha value is -4.14. The van der Waals surface area contributed by atoms with Crippen molar-refractivity contribution in [2.45, 2.75) is 0 Å². The molecule has 0 radical (unpaired) electrons. The third-order valence-electron chi connectivity index (χ3n) is 4.24. The molecule has 29 heavy (non-hydrogen) atoms. The summed E-state index contributed by atoms with van der Waals surface area (Å²) < 4.78 is 10.5. The molecule has 0 atom stereocenters. The SMILES string of the molecule is COc1ccc(C(=O)Nc2nc(Nc3ccn[nH]3)c3ccccc3n2)c(OC)c1. The number of methoxy groups -OCH3 is 2. The molecule has 0 saturated carbocycles. The Morgan fingerprint density at radius 2 is 1.90 bits per heavy atom. The van der Waals surface area contributed by atoms with Gasteiger partial charge in [-0.15, -0.1) is 0 Å². The van der Waals surface area contributed by atoms with E-state index in [1.54, 1.807) is 37.6 Å². The highest BCUT2D eigenvalue weighted by Crippen LogP contribution is 2.27. The molecule has 0 fully saturated rings. The Kier molecular flexibility index (Phi) is 4.93. The number of aromatic amines is 1. The van der Waals surface area contributed by atoms with Gasteiger partial charge in [-0.05, 0) is 24.3 Å². The van der Waals surface area contributed by atoms with Crippen molar-refractivity contribution < 1.29 is 14.3 Å². The molecule has 2 heterocycles. The summed E-state index contributed by atoms with van der Waals surface area (Å²) in [5.41, 5.74) is 1.02. The standard InChI is InChI=1S/C20H18N6O3/c1-28-12-7-8-14(16(11-12)29-2)19(27)25-20-22-15-6-4-3-5-13(15)18(24-20)23-17-9-10-21-26-17/h3-11H,1-2H3,(H3,21,22,23,24,25,26,27). The van der Waals surface area contributed by atoms with Crippen LogP contribution in [-0.2, 0) is 0 Å². The summed E-state index contributed by atoms with van der Waals surface area (Å²) in [5.74, 6) is 1.95. The van der Waals surface area contributed by atoms with Gasteiger partial charge in [0.15, 0.2) is 0 Å². The topological polar surface area (TPSA) is 114 Å². The highest BCUT2D eigenvalue weighted by Gasteiger charge is 2.16. The van der Waals surface area contributed by atoms with E-state index >= 15 is 0 Å². The molecule has 2 aromatic heterocycles. The summed E-state index contributed by atoms with van der Waals surface area (Å²) in [6.07, 6.45) is 1.63. The number of hydrogen-bond acceptors (Lipinski definition) is 7. The number of hydrogen-bond donors (Lipinski definition) is 3. The van der Waals surface area contributed by atoms with Gasteiger partial charge in [0.25, 0.3) is 5.91 Å². The summed E-state index contributed by atoms with van der Waals surface area (Å²) >= 11 is 0. The average Bonchev–Trinajstić information content (AvgIpc) is 3.26. The molecule has 2 aromatic carbocycles. The highest BCUT2D eigenvalue weighted by atomic mass is 16.5. The Balaban J connectivity index is 1.68. The minimum atomic E-state index is -0.396. The van der Waals surface area contributed by atoms with Crippen molar-refractivity contribution >= 4 is 34.4 Å². The molecule has 9 nitrogen and oxygen atoms in total. The van der Waals surface area contributed by atoms with E-state index in [9.17, 15) is 4.79 Å². The fourth-order valence-corrected chi connectivity index (χ4v) is 2.84. The minimum Gasteiger partial charge on any atom is -0.497 e. The number of ether oxygens (including phenoxy) is 2. The Morgan fingerprint density at radius 1 is 1.03 bits per heavy atom. The van der Waals surface area contributed by atoms with E-state index in [2.05, 4.69) is 30.8 Å². The summed E-state index contributed by atoms with van der Waals surface area (Å²) in [7, 11) is 3.04. The maximum absolute atomic E-state index is 12.8. The number of nitrogens with zero attached hydrogens (tertiary/aromatic N) is 3. The highest BCUT2D eigenvalue weighted by molar-refractivity contribution is 6.06. The monoisotopic (exact) mass is 390 g/mol. The number of H-pyrrole nitrogens is 1. The lowest BCUT2D eigenvalue weighted by atomic mass is 10.1. The second-order valence-electron chi connectivity index (χ2n) is 6.03. The van der Waals surface area contributed by atoms with Gasteiger partial charge in [-0.3, -0.25) is 15.2 Å². The van der Waals surface area contributed by atoms with Crippen molar-refractivity contribution in [2.75, 3.05) is 24.9 Å². The largest absolute Gasteiger partial charge is 0.497 e. The zero-order chi connectivity index (χ0) is 20.2. The lowest BCUT2D eigenvalue weighted by Gasteiger charge is -2.12. The lowest BCUT2D eigenvalue weighted by Crippen LogP contribution is -2.16. The minimum absolute atomic E-state index is 0.161. The van der Waals surface area contributed by atoms with Crippen molar-refractivity contribution in [3.8, 4) is 11.5 Å². The molecule has 1 amide bonds. The van der Waals surface area contributed by atoms with Crippen LogP contribution in [0.25, 0.3) is 10.9 Å². The van der Waals surface area contributed by atoms with Crippen LogP contribution in [0.3, 0.4) is 0 Å². The van der Waals surface area contributed by atoms with Gasteiger partial charge in [-0.2, -0.15) is 10.1 Å². The van der Waals surface area contributed by atoms with E-state index in [0.29, 0.717) is 34.2 Å². The van der Waals surface area contributed by atoms with Gasteiger partial charge in [0, 0.05) is 17.5 Å². The predicted molar refractivity (Wildman–Crippen MR) is 109 cm³/mol. The van der Waals surface area contributed by atoms with Gasteiger partial charge in [0.2, 0.25) is 5.95 Å². The molecule has 4 aromatic rings. The molecule has 0 aliphatic heterocycles. The van der Waals surface area contributed by atoms with E-state index in [4.69, 9.17) is 9.47 Å². The molecular weight excluding hydrogens is 372 g/mol. The number of nitrogens with one attached hydrogen (secondary N) is 3. The number of rotatable bonds is 6. The fraction of sp³-hybridized carbons (Fsp3) is 0.100. The van der Waals surface area contributed by atoms with E-state index in [1.165, 1.54) is 7.11 Å². The smallest absolute Gasteiger partial charge is 0.261 e. The van der Waals surface area contributed by atoms with E-state index in [-0.39, 0.29) is 5.95 Å². The van der Waals surface area contributed by atoms with Crippen molar-refractivity contribution in [3.63, 3.8) is 0 Å². The van der Waals surface area contributed by atoms with Gasteiger partial charge >= 0.3 is 0 Å². The molecule has 0 spiro atoms. The maximum atomic E-state index is 12.8. The summed E-state index contributed by atoms with van der Waals surface area (Å²) in [4.78, 5) is 21.7. The van der Waals surface area contributed by atoms with Crippen LogP contribution in [0, 0.1) is 0 Å². The predicted octanol–water partition coefficient (Wildman–Crippen LogP) is 3.37. The zero-order valence-electron chi connectivity index (χ0n) is 15.8. The van der Waals surface area contributed by atoms with Gasteiger partial charge in [-0.1, -0.05) is 12.1 Å². The molecule has 3 N–H and O–H groups in total. The summed E-state index contributed by atoms with van der Waals surface area (Å²) in [5, 5.41) is 13.4. The van der Waals surface area contributed by atoms with Gasteiger partial charge < -0.3 is 14.8 Å². The molecule has 0 saturated heterocycles. The number of para-hydroxylation sites is 1. The molecule has 9 heteroatoms. The first-order valence-electron chi connectivity index (χ1n) is 8.74. The van der Waals surface area contributed by atoms with Crippen molar-refractivity contribution in [3.05, 3.63) is 60.3 Å². The number of amides is 1. The quantitative estimate of drug-likeness (QED) is 0.462. The van der Waals surface area contributed by atoms with Crippen LogP contribution in [0.1, 0.15) is 10.4 Å². The van der Waals surface area contributed by atoms with Crippen LogP contribution in [0.4, 0.5) is 17.6 Å². The van der Waals surface area contributed by atoms with Crippen LogP contribution < -0.4 is 20.1 Å². The maximum Gasteiger partial charge on any atom is 0.261 e. The van der Waals surface area contributed by atoms with Crippen LogP contribution in [0.2, 0.25) is 0 Å². The fourth-order valence-electron chi connectivity index (χ4n) is 2.84. The molecule has 4 rings (SSSR count). The van der Waals surface area contributed by atoms with Crippen molar-refractivity contribution in [1.82, 2.24) is 20.2 Å². The normalized spacial score (nSPS) is 10.6. The zero-order valence-corrected chi connectivity index (χ0v) is 15.8. The lowest BCUT2D eigenvalue weighted by molar-refractivity contribution is 0.102. The van der Waals surface area contributed by atoms with Crippen LogP contribution in [0.5, 0.6) is 11.5 Å². The van der Waals surface area contributed by atoms with Crippen LogP contribution in [-0.4, -0.2) is 40.3 Å². The van der Waals surface area contributed by atoms with E-state index in [1.807, 2.05) is 24.3 Å². The number of anilines is 3. The van der Waals surface area contributed by atoms with Crippen molar-refractivity contribution in [2.24, 2.45) is 0 Å². The number of aromatic nitrogens is 4. The van der Waals surface area contributed by atoms with Crippen LogP contribution in [0.15, 0.2) is 54.7 Å². The molecule has 0 aliphatic carbocycles. The average molecular weight is 390 g/mol. The first-order valence-corrected chi connectivity index (χ1v) is 8.74. The van der Waals surface area contributed by atoms with Crippen molar-refractivity contribution in [1.29, 1.82) is 0 Å². The number of benzene rings is 2. The summed E-state index contributed by atoms with van der Waals surface area (Å²) in [6, 6.07) is 14.2. The van der Waals surface area contributed by atoms with E-state index in [0.717, 1.165) is 5.39 Å². The molecular formula is C20H18N6O3. The third kappa shape index (κ3) is 3.79. The number of fused-ring (bicyclic) bond motifs is 1. The van der Waals surface area contributed by atoms with Gasteiger partial charge in [0.1, 0.15) is 23.1 Å². The Labute approximate surface area is 166 Å². The van der Waals surface area contributed by atoms with Gasteiger partial charge in [-0.25, -0.2) is 4.98 Å². The first kappa shape index (κ1) is 18.2. The third-order valence-corrected chi connectivity index (χ3v) is 4.24. The number of carbonyl (C=O) groups excluding carboxylic acids is 1. The summed E-state index contributed by atoms with van der Waals surface area (Å²) in [6.45, 7) is 0. The first-order chi connectivity index (χ1) is 14.2. The Bertz CT molecular complexity index is 1160.